The van der Waals surface area contributed by atoms with Crippen LogP contribution in [0.1, 0.15) is 58.9 Å². The number of carbonyl (C=O) groups excluding carboxylic acids is 3. The number of amides is 4. The third kappa shape index (κ3) is 5.32. The highest BCUT2D eigenvalue weighted by molar-refractivity contribution is 6.10. The summed E-state index contributed by atoms with van der Waals surface area (Å²) in [6, 6.07) is 5.57. The maximum atomic E-state index is 13.2. The number of aryl methyl sites for hydroxylation is 1. The standard InChI is InChI=1S/C27H41N5O3/c1-6-30-13-15-31(16-14-30)21-7-8-22(19(2)17-21)28-23(33)18-32-24(34)27(29-25(32)35)11-9-20(10-12-27)26(3,4)5/h7-8,17,20H,6,9-16,18H2,1-5H3,(H,28,33)(H,29,35). The number of nitrogens with one attached hydrogen (secondary N) is 2. The van der Waals surface area contributed by atoms with Crippen LogP contribution in [0.3, 0.4) is 0 Å². The van der Waals surface area contributed by atoms with Crippen LogP contribution in [0, 0.1) is 18.3 Å². The van der Waals surface area contributed by atoms with E-state index in [4.69, 9.17) is 0 Å². The lowest BCUT2D eigenvalue weighted by atomic mass is 9.67. The molecule has 0 aromatic heterocycles. The first kappa shape index (κ1) is 25.5. The molecule has 0 bridgehead atoms. The zero-order valence-electron chi connectivity index (χ0n) is 21.9. The lowest BCUT2D eigenvalue weighted by Gasteiger charge is -2.40. The molecule has 1 saturated carbocycles. The molecule has 3 aliphatic rings. The van der Waals surface area contributed by atoms with E-state index in [0.717, 1.165) is 61.7 Å². The molecule has 2 N–H and O–H groups in total. The molecule has 0 unspecified atom stereocenters. The summed E-state index contributed by atoms with van der Waals surface area (Å²) in [7, 11) is 0. The van der Waals surface area contributed by atoms with Crippen LogP contribution >= 0.6 is 0 Å². The second-order valence-electron chi connectivity index (χ2n) is 11.5. The van der Waals surface area contributed by atoms with Crippen LogP contribution in [-0.2, 0) is 9.59 Å². The van der Waals surface area contributed by atoms with Crippen molar-refractivity contribution in [2.24, 2.45) is 11.3 Å². The monoisotopic (exact) mass is 483 g/mol. The van der Waals surface area contributed by atoms with E-state index in [1.54, 1.807) is 0 Å². The Morgan fingerprint density at radius 1 is 1.11 bits per heavy atom. The van der Waals surface area contributed by atoms with E-state index in [-0.39, 0.29) is 23.8 Å². The maximum Gasteiger partial charge on any atom is 0.325 e. The Bertz CT molecular complexity index is 970. The van der Waals surface area contributed by atoms with Gasteiger partial charge >= 0.3 is 6.03 Å². The Kier molecular flexibility index (Phi) is 7.13. The van der Waals surface area contributed by atoms with Gasteiger partial charge < -0.3 is 20.4 Å². The Hall–Kier alpha value is -2.61. The van der Waals surface area contributed by atoms with E-state index in [0.29, 0.717) is 24.4 Å². The fourth-order valence-electron chi connectivity index (χ4n) is 5.78. The number of urea groups is 1. The number of rotatable bonds is 5. The van der Waals surface area contributed by atoms with Crippen LogP contribution in [-0.4, -0.2) is 72.5 Å². The fourth-order valence-corrected chi connectivity index (χ4v) is 5.78. The van der Waals surface area contributed by atoms with Crippen molar-refractivity contribution < 1.29 is 14.4 Å². The van der Waals surface area contributed by atoms with E-state index < -0.39 is 11.6 Å². The second kappa shape index (κ2) is 9.80. The molecule has 1 spiro atoms. The zero-order chi connectivity index (χ0) is 25.4. The Labute approximate surface area is 209 Å². The van der Waals surface area contributed by atoms with Crippen LogP contribution in [0.4, 0.5) is 16.2 Å². The van der Waals surface area contributed by atoms with Gasteiger partial charge in [0.2, 0.25) is 5.91 Å². The summed E-state index contributed by atoms with van der Waals surface area (Å²) >= 11 is 0. The minimum Gasteiger partial charge on any atom is -0.369 e. The lowest BCUT2D eigenvalue weighted by Crippen LogP contribution is -2.51. The number of imide groups is 1. The average molecular weight is 484 g/mol. The van der Waals surface area contributed by atoms with Gasteiger partial charge in [0, 0.05) is 37.6 Å². The summed E-state index contributed by atoms with van der Waals surface area (Å²) in [5.41, 5.74) is 2.15. The Morgan fingerprint density at radius 2 is 1.77 bits per heavy atom. The van der Waals surface area contributed by atoms with Crippen molar-refractivity contribution in [1.29, 1.82) is 0 Å². The number of likely N-dealkylation sites (N-methyl/N-ethyl adjacent to an activating group) is 1. The third-order valence-corrected chi connectivity index (χ3v) is 8.28. The van der Waals surface area contributed by atoms with Crippen molar-refractivity contribution in [2.75, 3.05) is 49.5 Å². The molecular formula is C27H41N5O3. The SMILES string of the molecule is CCN1CCN(c2ccc(NC(=O)CN3C(=O)NC4(CCC(C(C)(C)C)CC4)C3=O)c(C)c2)CC1. The summed E-state index contributed by atoms with van der Waals surface area (Å²) in [5, 5.41) is 5.82. The molecule has 1 aromatic rings. The number of hydrogen-bond donors (Lipinski definition) is 2. The van der Waals surface area contributed by atoms with Gasteiger partial charge in [-0.3, -0.25) is 14.5 Å². The predicted molar refractivity (Wildman–Crippen MR) is 139 cm³/mol. The van der Waals surface area contributed by atoms with E-state index in [9.17, 15) is 14.4 Å². The number of benzene rings is 1. The molecule has 8 heteroatoms. The molecule has 2 saturated heterocycles. The molecule has 1 aliphatic carbocycles. The predicted octanol–water partition coefficient (Wildman–Crippen LogP) is 3.60. The molecule has 0 radical (unpaired) electrons. The number of nitrogens with zero attached hydrogens (tertiary/aromatic N) is 3. The summed E-state index contributed by atoms with van der Waals surface area (Å²) < 4.78 is 0. The minimum absolute atomic E-state index is 0.185. The van der Waals surface area contributed by atoms with Gasteiger partial charge in [-0.15, -0.1) is 0 Å². The fraction of sp³-hybridized carbons (Fsp3) is 0.667. The van der Waals surface area contributed by atoms with E-state index >= 15 is 0 Å². The first-order chi connectivity index (χ1) is 16.5. The molecule has 3 fully saturated rings. The van der Waals surface area contributed by atoms with Gasteiger partial charge in [0.1, 0.15) is 12.1 Å². The van der Waals surface area contributed by atoms with Crippen molar-refractivity contribution in [2.45, 2.75) is 65.8 Å². The lowest BCUT2D eigenvalue weighted by molar-refractivity contribution is -0.135. The molecule has 4 rings (SSSR count). The molecular weight excluding hydrogens is 442 g/mol. The highest BCUT2D eigenvalue weighted by Gasteiger charge is 2.53. The highest BCUT2D eigenvalue weighted by Crippen LogP contribution is 2.43. The normalized spacial score (nSPS) is 25.8. The first-order valence-corrected chi connectivity index (χ1v) is 13.0. The van der Waals surface area contributed by atoms with Crippen molar-refractivity contribution in [1.82, 2.24) is 15.1 Å². The topological polar surface area (TPSA) is 85.0 Å². The van der Waals surface area contributed by atoms with Gasteiger partial charge in [-0.2, -0.15) is 0 Å². The zero-order valence-corrected chi connectivity index (χ0v) is 21.9. The number of anilines is 2. The summed E-state index contributed by atoms with van der Waals surface area (Å²) in [4.78, 5) is 44.6. The number of carbonyl (C=O) groups is 3. The highest BCUT2D eigenvalue weighted by atomic mass is 16.2. The molecule has 8 nitrogen and oxygen atoms in total. The molecule has 4 amide bonds. The van der Waals surface area contributed by atoms with Gasteiger partial charge in [-0.05, 0) is 74.2 Å². The van der Waals surface area contributed by atoms with Crippen LogP contribution in [0.5, 0.6) is 0 Å². The van der Waals surface area contributed by atoms with Gasteiger partial charge in [0.05, 0.1) is 0 Å². The quantitative estimate of drug-likeness (QED) is 0.625. The number of piperazine rings is 1. The van der Waals surface area contributed by atoms with Gasteiger partial charge in [0.15, 0.2) is 0 Å². The summed E-state index contributed by atoms with van der Waals surface area (Å²) in [6.45, 7) is 15.7. The van der Waals surface area contributed by atoms with Gasteiger partial charge in [0.25, 0.3) is 5.91 Å². The van der Waals surface area contributed by atoms with E-state index in [2.05, 4.69) is 54.2 Å². The summed E-state index contributed by atoms with van der Waals surface area (Å²) in [5.74, 6) is -0.0960. The second-order valence-corrected chi connectivity index (χ2v) is 11.5. The van der Waals surface area contributed by atoms with Crippen molar-refractivity contribution in [3.05, 3.63) is 23.8 Å². The molecule has 192 valence electrons. The molecule has 35 heavy (non-hydrogen) atoms. The van der Waals surface area contributed by atoms with Crippen molar-refractivity contribution in [3.8, 4) is 0 Å². The van der Waals surface area contributed by atoms with Crippen molar-refractivity contribution in [3.63, 3.8) is 0 Å². The van der Waals surface area contributed by atoms with Gasteiger partial charge in [-0.25, -0.2) is 4.79 Å². The first-order valence-electron chi connectivity index (χ1n) is 13.0. The average Bonchev–Trinajstić information content (AvgIpc) is 3.04. The minimum atomic E-state index is -0.849. The van der Waals surface area contributed by atoms with Crippen molar-refractivity contribution >= 4 is 29.2 Å². The van der Waals surface area contributed by atoms with Gasteiger partial charge in [-0.1, -0.05) is 27.7 Å². The van der Waals surface area contributed by atoms with Crippen LogP contribution in [0.15, 0.2) is 18.2 Å². The molecule has 0 atom stereocenters. The van der Waals surface area contributed by atoms with Crippen LogP contribution < -0.4 is 15.5 Å². The van der Waals surface area contributed by atoms with Crippen LogP contribution in [0.25, 0.3) is 0 Å². The van der Waals surface area contributed by atoms with E-state index in [1.165, 1.54) is 0 Å². The smallest absolute Gasteiger partial charge is 0.325 e. The maximum absolute atomic E-state index is 13.2. The Morgan fingerprint density at radius 3 is 2.34 bits per heavy atom. The Balaban J connectivity index is 1.35. The largest absolute Gasteiger partial charge is 0.369 e. The van der Waals surface area contributed by atoms with E-state index in [1.807, 2.05) is 19.1 Å². The third-order valence-electron chi connectivity index (χ3n) is 8.28. The number of hydrogen-bond acceptors (Lipinski definition) is 5. The molecule has 2 aliphatic heterocycles. The van der Waals surface area contributed by atoms with Crippen LogP contribution in [0.2, 0.25) is 0 Å². The molecule has 2 heterocycles. The summed E-state index contributed by atoms with van der Waals surface area (Å²) in [6.07, 6.45) is 3.05. The molecule has 1 aromatic carbocycles.